The molecule has 0 aromatic carbocycles. The SMILES string of the molecule is [CH2-]N1C2CCC1CC(O)(C(C)(F)F)C2. The van der Waals surface area contributed by atoms with Gasteiger partial charge in [0.05, 0.1) is 0 Å². The highest BCUT2D eigenvalue weighted by Gasteiger charge is 2.55. The lowest BCUT2D eigenvalue weighted by Gasteiger charge is -2.48. The summed E-state index contributed by atoms with van der Waals surface area (Å²) in [5, 5.41) is 9.90. The van der Waals surface area contributed by atoms with Crippen LogP contribution in [0.4, 0.5) is 8.78 Å². The summed E-state index contributed by atoms with van der Waals surface area (Å²) in [5.41, 5.74) is -1.81. The first-order chi connectivity index (χ1) is 6.33. The van der Waals surface area contributed by atoms with Gasteiger partial charge in [-0.15, -0.1) is 0 Å². The highest BCUT2D eigenvalue weighted by Crippen LogP contribution is 2.46. The number of alkyl halides is 2. The first kappa shape index (κ1) is 10.3. The first-order valence-electron chi connectivity index (χ1n) is 5.02. The fourth-order valence-corrected chi connectivity index (χ4v) is 2.67. The van der Waals surface area contributed by atoms with Crippen molar-refractivity contribution in [2.75, 3.05) is 0 Å². The summed E-state index contributed by atoms with van der Waals surface area (Å²) < 4.78 is 26.4. The lowest BCUT2D eigenvalue weighted by molar-refractivity contribution is -0.197. The van der Waals surface area contributed by atoms with Gasteiger partial charge in [-0.1, -0.05) is 0 Å². The van der Waals surface area contributed by atoms with E-state index in [0.29, 0.717) is 0 Å². The predicted molar refractivity (Wildman–Crippen MR) is 48.8 cm³/mol. The van der Waals surface area contributed by atoms with Crippen molar-refractivity contribution in [1.29, 1.82) is 0 Å². The molecule has 2 aliphatic heterocycles. The van der Waals surface area contributed by atoms with Crippen LogP contribution >= 0.6 is 0 Å². The molecule has 0 radical (unpaired) electrons. The fraction of sp³-hybridized carbons (Fsp3) is 0.900. The van der Waals surface area contributed by atoms with Gasteiger partial charge < -0.3 is 10.0 Å². The maximum absolute atomic E-state index is 13.2. The number of fused-ring (bicyclic) bond motifs is 2. The van der Waals surface area contributed by atoms with E-state index < -0.39 is 11.5 Å². The zero-order chi connectivity index (χ0) is 10.6. The minimum Gasteiger partial charge on any atom is -0.454 e. The molecule has 0 aliphatic carbocycles. The minimum absolute atomic E-state index is 0.0320. The van der Waals surface area contributed by atoms with Gasteiger partial charge in [0, 0.05) is 6.92 Å². The van der Waals surface area contributed by atoms with Crippen molar-refractivity contribution in [2.45, 2.75) is 56.2 Å². The summed E-state index contributed by atoms with van der Waals surface area (Å²) in [7, 11) is 3.85. The molecule has 4 heteroatoms. The summed E-state index contributed by atoms with van der Waals surface area (Å²) in [6.45, 7) is 0.811. The number of hydrogen-bond acceptors (Lipinski definition) is 2. The smallest absolute Gasteiger partial charge is 0.273 e. The minimum atomic E-state index is -3.00. The number of nitrogens with zero attached hydrogens (tertiary/aromatic N) is 1. The van der Waals surface area contributed by atoms with Gasteiger partial charge in [-0.2, -0.15) is 0 Å². The Balaban J connectivity index is 2.20. The number of halogens is 2. The largest absolute Gasteiger partial charge is 0.454 e. The molecular weight excluding hydrogens is 188 g/mol. The van der Waals surface area contributed by atoms with E-state index >= 15 is 0 Å². The molecule has 0 aromatic rings. The van der Waals surface area contributed by atoms with Crippen LogP contribution in [-0.2, 0) is 0 Å². The lowest BCUT2D eigenvalue weighted by Crippen LogP contribution is -2.56. The van der Waals surface area contributed by atoms with Crippen molar-refractivity contribution in [1.82, 2.24) is 4.90 Å². The van der Waals surface area contributed by atoms with E-state index in [4.69, 9.17) is 0 Å². The Kier molecular flexibility index (Phi) is 2.13. The Hall–Kier alpha value is -0.220. The van der Waals surface area contributed by atoms with Gasteiger partial charge in [0.15, 0.2) is 0 Å². The average Bonchev–Trinajstić information content (AvgIpc) is 2.32. The monoisotopic (exact) mass is 204 g/mol. The molecular formula is C10H16F2NO-. The van der Waals surface area contributed by atoms with Crippen LogP contribution in [0.5, 0.6) is 0 Å². The molecule has 2 saturated heterocycles. The summed E-state index contributed by atoms with van der Waals surface area (Å²) in [6.07, 6.45) is 2.06. The molecule has 1 N–H and O–H groups in total. The van der Waals surface area contributed by atoms with Crippen molar-refractivity contribution in [2.24, 2.45) is 0 Å². The zero-order valence-corrected chi connectivity index (χ0v) is 8.34. The second kappa shape index (κ2) is 2.89. The predicted octanol–water partition coefficient (Wildman–Crippen LogP) is 1.79. The van der Waals surface area contributed by atoms with Crippen LogP contribution < -0.4 is 0 Å². The van der Waals surface area contributed by atoms with Gasteiger partial charge in [-0.3, -0.25) is 7.05 Å². The van der Waals surface area contributed by atoms with Crippen molar-refractivity contribution >= 4 is 0 Å². The molecule has 0 aromatic heterocycles. The zero-order valence-electron chi connectivity index (χ0n) is 8.34. The number of aliphatic hydroxyl groups is 1. The van der Waals surface area contributed by atoms with Crippen molar-refractivity contribution < 1.29 is 13.9 Å². The molecule has 0 spiro atoms. The summed E-state index contributed by atoms with van der Waals surface area (Å²) in [6, 6.07) is 0.0640. The molecule has 2 heterocycles. The third-order valence-corrected chi connectivity index (χ3v) is 3.73. The topological polar surface area (TPSA) is 23.5 Å². The average molecular weight is 204 g/mol. The number of hydrogen-bond donors (Lipinski definition) is 1. The summed E-state index contributed by atoms with van der Waals surface area (Å²) >= 11 is 0. The van der Waals surface area contributed by atoms with E-state index in [2.05, 4.69) is 7.05 Å². The Morgan fingerprint density at radius 1 is 1.36 bits per heavy atom. The van der Waals surface area contributed by atoms with Crippen LogP contribution in [0.25, 0.3) is 0 Å². The van der Waals surface area contributed by atoms with Gasteiger partial charge in [-0.05, 0) is 37.8 Å². The van der Waals surface area contributed by atoms with Crippen LogP contribution in [0, 0.1) is 7.05 Å². The summed E-state index contributed by atoms with van der Waals surface area (Å²) in [5.74, 6) is -3.00. The third kappa shape index (κ3) is 1.36. The van der Waals surface area contributed by atoms with Crippen LogP contribution in [0.3, 0.4) is 0 Å². The Morgan fingerprint density at radius 3 is 2.14 bits per heavy atom. The molecule has 2 fully saturated rings. The molecule has 82 valence electrons. The molecule has 2 atom stereocenters. The van der Waals surface area contributed by atoms with Crippen molar-refractivity contribution in [3.63, 3.8) is 0 Å². The fourth-order valence-electron chi connectivity index (χ4n) is 2.67. The molecule has 0 amide bonds. The molecule has 0 saturated carbocycles. The lowest BCUT2D eigenvalue weighted by atomic mass is 9.82. The van der Waals surface area contributed by atoms with Crippen LogP contribution in [0.15, 0.2) is 0 Å². The van der Waals surface area contributed by atoms with E-state index in [0.717, 1.165) is 19.8 Å². The number of piperidine rings is 1. The van der Waals surface area contributed by atoms with E-state index in [9.17, 15) is 13.9 Å². The molecule has 2 nitrogen and oxygen atoms in total. The Labute approximate surface area is 82.9 Å². The molecule has 2 rings (SSSR count). The van der Waals surface area contributed by atoms with Crippen LogP contribution in [-0.4, -0.2) is 33.6 Å². The third-order valence-electron chi connectivity index (χ3n) is 3.73. The highest BCUT2D eigenvalue weighted by atomic mass is 19.3. The van der Waals surface area contributed by atoms with E-state index in [1.54, 1.807) is 0 Å². The Bertz CT molecular complexity index is 225. The van der Waals surface area contributed by atoms with Gasteiger partial charge in [0.25, 0.3) is 5.92 Å². The number of rotatable bonds is 1. The normalized spacial score (nSPS) is 44.4. The van der Waals surface area contributed by atoms with E-state index in [1.807, 2.05) is 4.90 Å². The van der Waals surface area contributed by atoms with Crippen molar-refractivity contribution in [3.05, 3.63) is 7.05 Å². The second-order valence-electron chi connectivity index (χ2n) is 4.73. The second-order valence-corrected chi connectivity index (χ2v) is 4.73. The highest BCUT2D eigenvalue weighted by molar-refractivity contribution is 5.06. The van der Waals surface area contributed by atoms with E-state index in [1.165, 1.54) is 0 Å². The molecule has 2 aliphatic rings. The van der Waals surface area contributed by atoms with Gasteiger partial charge in [-0.25, -0.2) is 8.78 Å². The molecule has 2 unspecified atom stereocenters. The Morgan fingerprint density at radius 2 is 1.79 bits per heavy atom. The van der Waals surface area contributed by atoms with Crippen LogP contribution in [0.2, 0.25) is 0 Å². The molecule has 14 heavy (non-hydrogen) atoms. The van der Waals surface area contributed by atoms with Gasteiger partial charge in [0.1, 0.15) is 5.60 Å². The van der Waals surface area contributed by atoms with Gasteiger partial charge >= 0.3 is 0 Å². The van der Waals surface area contributed by atoms with Crippen molar-refractivity contribution in [3.8, 4) is 0 Å². The maximum atomic E-state index is 13.2. The van der Waals surface area contributed by atoms with Gasteiger partial charge in [0.2, 0.25) is 0 Å². The van der Waals surface area contributed by atoms with E-state index in [-0.39, 0.29) is 24.9 Å². The first-order valence-corrected chi connectivity index (χ1v) is 5.02. The van der Waals surface area contributed by atoms with Crippen LogP contribution in [0.1, 0.15) is 32.6 Å². The quantitative estimate of drug-likeness (QED) is 0.658. The standard InChI is InChI=1S/C10H16F2NO/c1-9(11,12)10(14)5-7-3-4-8(6-10)13(7)2/h7-8,14H,2-6H2,1H3/q-1. The molecule has 2 bridgehead atoms. The summed E-state index contributed by atoms with van der Waals surface area (Å²) in [4.78, 5) is 1.89. The maximum Gasteiger partial charge on any atom is 0.273 e.